The van der Waals surface area contributed by atoms with Crippen LogP contribution in [0.5, 0.6) is 0 Å². The Bertz CT molecular complexity index is 3090. The summed E-state index contributed by atoms with van der Waals surface area (Å²) in [7, 11) is 0. The number of nitrogens with one attached hydrogen (secondary N) is 3. The minimum atomic E-state index is -0.616. The first kappa shape index (κ1) is 57.2. The summed E-state index contributed by atoms with van der Waals surface area (Å²) in [5.41, 5.74) is 8.40. The van der Waals surface area contributed by atoms with Gasteiger partial charge in [0.25, 0.3) is 11.1 Å². The number of cyclic esters (lactones) is 2. The van der Waals surface area contributed by atoms with Crippen molar-refractivity contribution in [2.75, 3.05) is 68.7 Å². The second kappa shape index (κ2) is 23.7. The number of likely N-dealkylation sites (tertiary alicyclic amines) is 1. The van der Waals surface area contributed by atoms with E-state index in [-0.39, 0.29) is 71.3 Å². The van der Waals surface area contributed by atoms with Crippen LogP contribution in [-0.4, -0.2) is 138 Å². The van der Waals surface area contributed by atoms with Crippen LogP contribution in [0.15, 0.2) is 73.1 Å². The Morgan fingerprint density at radius 3 is 1.41 bits per heavy atom. The molecule has 0 radical (unpaired) electrons. The molecular formula is C60H70ClN11O8. The molecule has 2 aliphatic carbocycles. The van der Waals surface area contributed by atoms with Crippen LogP contribution in [0.25, 0.3) is 31.9 Å². The molecule has 2 saturated carbocycles. The lowest BCUT2D eigenvalue weighted by Crippen LogP contribution is -2.40. The Morgan fingerprint density at radius 1 is 0.662 bits per heavy atom. The van der Waals surface area contributed by atoms with E-state index in [1.807, 2.05) is 72.7 Å². The standard InChI is InChI=1S/C27H27N5O4.C24H23N5O3.C6H15N.C3H5ClO/c1-4-25(34)31-13-19-20(14-31)27(19,28-3)24-8-6-17(11-30-24)16-5-7-21-18(9-16)10-22-23(12-29-15(2)33)36-26(35)32(21)22;1-13(30)27-12-21-20-8-16-7-14(3-5-19(16)29(20)23(31)32-21)15-4-6-22(28-9-15)24(25-2)17-10-26-11-18(17)24;1-4-7(5-2)6-3;1-2-3(4)5/h5-9,11,19-20,22-23H,4,10,12-14H2,1-2H3,(H,29,33);3-7,9,17-18,20-21,26H,8,10-12H2,1H3,(H,27,30);4-6H2,1-3H3;2H2,1H3/t19-,20+,22-,23-,27?;17-,18+,20-,21-,24?;;/m00../s1. The molecule has 8 aliphatic rings. The van der Waals surface area contributed by atoms with E-state index in [0.29, 0.717) is 63.7 Å². The lowest BCUT2D eigenvalue weighted by atomic mass is 9.99. The highest BCUT2D eigenvalue weighted by Crippen LogP contribution is 2.64. The highest BCUT2D eigenvalue weighted by molar-refractivity contribution is 6.63. The second-order valence-corrected chi connectivity index (χ2v) is 21.9. The molecule has 420 valence electrons. The molecule has 20 heteroatoms. The van der Waals surface area contributed by atoms with Crippen molar-refractivity contribution >= 4 is 58.1 Å². The molecule has 2 aromatic carbocycles. The zero-order valence-corrected chi connectivity index (χ0v) is 47.2. The zero-order chi connectivity index (χ0) is 57.2. The van der Waals surface area contributed by atoms with E-state index < -0.39 is 11.1 Å². The number of pyridine rings is 2. The fourth-order valence-electron chi connectivity index (χ4n) is 12.8. The topological polar surface area (TPSA) is 204 Å². The summed E-state index contributed by atoms with van der Waals surface area (Å²) in [5.74, 6) is 0.911. The summed E-state index contributed by atoms with van der Waals surface area (Å²) < 4.78 is 11.0. The number of halogens is 1. The highest BCUT2D eigenvalue weighted by atomic mass is 35.5. The molecule has 8 heterocycles. The molecular weight excluding hydrogens is 1040 g/mol. The smallest absolute Gasteiger partial charge is 0.415 e. The van der Waals surface area contributed by atoms with Crippen LogP contribution < -0.4 is 25.8 Å². The van der Waals surface area contributed by atoms with Gasteiger partial charge >= 0.3 is 12.2 Å². The number of rotatable bonds is 13. The number of anilines is 2. The lowest BCUT2D eigenvalue weighted by molar-refractivity contribution is -0.130. The minimum Gasteiger partial charge on any atom is -0.442 e. The molecule has 3 N–H and O–H groups in total. The molecule has 12 rings (SSSR count). The largest absolute Gasteiger partial charge is 0.442 e. The number of hydrogen-bond donors (Lipinski definition) is 3. The van der Waals surface area contributed by atoms with Crippen LogP contribution in [-0.2, 0) is 52.6 Å². The van der Waals surface area contributed by atoms with Gasteiger partial charge in [-0.25, -0.2) is 22.7 Å². The lowest BCUT2D eigenvalue weighted by Gasteiger charge is -2.20. The molecule has 6 aliphatic heterocycles. The van der Waals surface area contributed by atoms with Gasteiger partial charge in [0.2, 0.25) is 23.0 Å². The van der Waals surface area contributed by atoms with E-state index in [0.717, 1.165) is 69.2 Å². The van der Waals surface area contributed by atoms with Gasteiger partial charge < -0.3 is 44.9 Å². The Morgan fingerprint density at radius 2 is 1.07 bits per heavy atom. The van der Waals surface area contributed by atoms with Gasteiger partial charge in [-0.05, 0) is 103 Å². The Balaban J connectivity index is 0.000000162. The van der Waals surface area contributed by atoms with Crippen molar-refractivity contribution in [2.24, 2.45) is 23.7 Å². The number of carbonyl (C=O) groups excluding carboxylic acids is 6. The third-order valence-corrected chi connectivity index (χ3v) is 17.6. The number of ether oxygens (including phenoxy) is 2. The van der Waals surface area contributed by atoms with Gasteiger partial charge in [0.05, 0.1) is 60.2 Å². The fourth-order valence-corrected chi connectivity index (χ4v) is 12.8. The zero-order valence-electron chi connectivity index (χ0n) is 46.5. The summed E-state index contributed by atoms with van der Waals surface area (Å²) in [6, 6.07) is 19.8. The third-order valence-electron chi connectivity index (χ3n) is 17.3. The van der Waals surface area contributed by atoms with Crippen molar-refractivity contribution < 1.29 is 38.2 Å². The minimum absolute atomic E-state index is 0.110. The Kier molecular flexibility index (Phi) is 17.0. The van der Waals surface area contributed by atoms with Crippen LogP contribution in [0.4, 0.5) is 21.0 Å². The third kappa shape index (κ3) is 10.7. The van der Waals surface area contributed by atoms with E-state index in [9.17, 15) is 28.8 Å². The number of carbonyl (C=O) groups is 6. The number of aromatic nitrogens is 2. The van der Waals surface area contributed by atoms with Crippen molar-refractivity contribution in [1.82, 2.24) is 35.7 Å². The van der Waals surface area contributed by atoms with Crippen molar-refractivity contribution in [2.45, 2.75) is 110 Å². The Labute approximate surface area is 472 Å². The van der Waals surface area contributed by atoms with Crippen LogP contribution in [0.2, 0.25) is 0 Å². The SMILES string of the molecule is CCC(=O)Cl.CCN(CC)CC.[C-]#[N+]C1(c2ccc(-c3ccc4c(c3)C[C@H]3[C@H](CNC(C)=O)OC(=O)N43)cn2)[C@@H]2CN(C(=O)CC)C[C@@H]21.[C-]#[N+]C1(c2ccc(-c3ccc4c(c3)C[C@H]3[C@H](CNC(C)=O)OC(=O)N43)cn2)[C@@H]2CNC[C@@H]21. The molecule has 4 saturated heterocycles. The molecule has 6 fully saturated rings. The van der Waals surface area contributed by atoms with E-state index in [4.69, 9.17) is 44.2 Å². The van der Waals surface area contributed by atoms with E-state index >= 15 is 0 Å². The van der Waals surface area contributed by atoms with Crippen molar-refractivity contribution in [1.29, 1.82) is 0 Å². The van der Waals surface area contributed by atoms with Crippen LogP contribution >= 0.6 is 11.6 Å². The summed E-state index contributed by atoms with van der Waals surface area (Å²) in [6.07, 6.45) is 4.44. The second-order valence-electron chi connectivity index (χ2n) is 21.5. The van der Waals surface area contributed by atoms with Gasteiger partial charge in [-0.1, -0.05) is 58.9 Å². The monoisotopic (exact) mass is 1110 g/mol. The quantitative estimate of drug-likeness (QED) is 0.0888. The molecule has 5 amide bonds. The van der Waals surface area contributed by atoms with Crippen molar-refractivity contribution in [3.8, 4) is 22.3 Å². The predicted molar refractivity (Wildman–Crippen MR) is 302 cm³/mol. The summed E-state index contributed by atoms with van der Waals surface area (Å²) in [5, 5.41) is 8.57. The average Bonchev–Trinajstić information content (AvgIpc) is 4.04. The summed E-state index contributed by atoms with van der Waals surface area (Å²) in [4.78, 5) is 94.1. The maximum atomic E-state index is 12.5. The van der Waals surface area contributed by atoms with Crippen molar-refractivity contribution in [3.05, 3.63) is 118 Å². The van der Waals surface area contributed by atoms with Gasteiger partial charge in [-0.3, -0.25) is 38.9 Å². The molecule has 2 unspecified atom stereocenters. The number of nitrogens with zero attached hydrogens (tertiary/aromatic N) is 8. The number of fused-ring (bicyclic) bond motifs is 8. The number of hydrogen-bond acceptors (Lipinski definition) is 12. The first-order chi connectivity index (χ1) is 38.5. The van der Waals surface area contributed by atoms with E-state index in [1.165, 1.54) is 33.5 Å². The maximum Gasteiger partial charge on any atom is 0.415 e. The molecule has 80 heavy (non-hydrogen) atoms. The summed E-state index contributed by atoms with van der Waals surface area (Å²) in [6.45, 7) is 35.9. The Hall–Kier alpha value is -7.45. The number of piperidine rings is 2. The highest BCUT2D eigenvalue weighted by Gasteiger charge is 2.78. The average molecular weight is 1110 g/mol. The fraction of sp³-hybridized carbons (Fsp3) is 0.500. The molecule has 4 aromatic rings. The molecule has 0 spiro atoms. The number of benzene rings is 2. The van der Waals surface area contributed by atoms with Crippen molar-refractivity contribution in [3.63, 3.8) is 0 Å². The first-order valence-corrected chi connectivity index (χ1v) is 28.2. The van der Waals surface area contributed by atoms with Crippen LogP contribution in [0.1, 0.15) is 83.8 Å². The normalized spacial score (nSPS) is 27.1. The predicted octanol–water partition coefficient (Wildman–Crippen LogP) is 7.36. The molecule has 19 nitrogen and oxygen atoms in total. The van der Waals surface area contributed by atoms with Gasteiger partial charge in [0.1, 0.15) is 23.6 Å². The van der Waals surface area contributed by atoms with E-state index in [2.05, 4.69) is 63.4 Å². The van der Waals surface area contributed by atoms with Crippen LogP contribution in [0, 0.1) is 36.8 Å². The molecule has 0 bridgehead atoms. The van der Waals surface area contributed by atoms with Gasteiger partial charge in [-0.15, -0.1) is 0 Å². The first-order valence-electron chi connectivity index (χ1n) is 27.9. The molecule has 10 atom stereocenters. The number of amides is 5. The maximum absolute atomic E-state index is 12.5. The van der Waals surface area contributed by atoms with Crippen LogP contribution in [0.3, 0.4) is 0 Å². The summed E-state index contributed by atoms with van der Waals surface area (Å²) >= 11 is 4.82. The van der Waals surface area contributed by atoms with Gasteiger partial charge in [0.15, 0.2) is 0 Å². The molecule has 2 aromatic heterocycles. The van der Waals surface area contributed by atoms with Gasteiger partial charge in [0, 0.05) is 76.4 Å². The van der Waals surface area contributed by atoms with E-state index in [1.54, 1.807) is 16.7 Å². The van der Waals surface area contributed by atoms with Gasteiger partial charge in [-0.2, -0.15) is 0 Å².